The molecule has 1 aromatic carbocycles. The molecule has 0 atom stereocenters. The van der Waals surface area contributed by atoms with Crippen molar-refractivity contribution in [2.75, 3.05) is 12.4 Å². The van der Waals surface area contributed by atoms with Crippen molar-refractivity contribution in [1.29, 1.82) is 0 Å². The Labute approximate surface area is 132 Å². The van der Waals surface area contributed by atoms with Crippen molar-refractivity contribution in [3.8, 4) is 5.75 Å². The summed E-state index contributed by atoms with van der Waals surface area (Å²) in [6.45, 7) is 0. The van der Waals surface area contributed by atoms with Gasteiger partial charge in [-0.15, -0.1) is 10.2 Å². The molecule has 3 rings (SSSR count). The van der Waals surface area contributed by atoms with E-state index in [2.05, 4.69) is 20.8 Å². The van der Waals surface area contributed by atoms with Crippen LogP contribution in [-0.2, 0) is 0 Å². The van der Waals surface area contributed by atoms with Gasteiger partial charge >= 0.3 is 0 Å². The van der Waals surface area contributed by atoms with Gasteiger partial charge in [0.2, 0.25) is 0 Å². The first-order valence-corrected chi connectivity index (χ1v) is 7.28. The van der Waals surface area contributed by atoms with E-state index in [1.54, 1.807) is 31.4 Å². The number of methoxy groups -OCH3 is 1. The Hall–Kier alpha value is -2.34. The highest BCUT2D eigenvalue weighted by molar-refractivity contribution is 6.32. The predicted molar refractivity (Wildman–Crippen MR) is 83.8 cm³/mol. The van der Waals surface area contributed by atoms with Gasteiger partial charge in [0.05, 0.1) is 12.1 Å². The predicted octanol–water partition coefficient (Wildman–Crippen LogP) is 2.77. The van der Waals surface area contributed by atoms with Crippen molar-refractivity contribution in [2.45, 2.75) is 18.9 Å². The van der Waals surface area contributed by atoms with Crippen LogP contribution in [0.3, 0.4) is 0 Å². The highest BCUT2D eigenvalue weighted by atomic mass is 35.5. The summed E-state index contributed by atoms with van der Waals surface area (Å²) in [6.07, 6.45) is 2.08. The van der Waals surface area contributed by atoms with E-state index in [1.807, 2.05) is 6.07 Å². The van der Waals surface area contributed by atoms with Crippen LogP contribution in [0.5, 0.6) is 5.75 Å². The molecule has 1 aliphatic rings. The molecule has 1 fully saturated rings. The molecule has 114 valence electrons. The summed E-state index contributed by atoms with van der Waals surface area (Å²) in [4.78, 5) is 11.8. The fourth-order valence-electron chi connectivity index (χ4n) is 1.90. The molecule has 22 heavy (non-hydrogen) atoms. The zero-order valence-corrected chi connectivity index (χ0v) is 12.7. The Morgan fingerprint density at radius 3 is 2.68 bits per heavy atom. The molecule has 0 spiro atoms. The number of anilines is 2. The number of hydrogen-bond acceptors (Lipinski definition) is 5. The molecule has 0 aliphatic heterocycles. The lowest BCUT2D eigenvalue weighted by atomic mass is 10.3. The van der Waals surface area contributed by atoms with Gasteiger partial charge in [0.25, 0.3) is 5.91 Å². The quantitative estimate of drug-likeness (QED) is 0.886. The van der Waals surface area contributed by atoms with Gasteiger partial charge < -0.3 is 15.4 Å². The second kappa shape index (κ2) is 6.19. The molecule has 7 heteroatoms. The molecule has 1 aliphatic carbocycles. The number of nitrogens with zero attached hydrogens (tertiary/aromatic N) is 2. The Morgan fingerprint density at radius 1 is 1.27 bits per heavy atom. The van der Waals surface area contributed by atoms with Crippen molar-refractivity contribution < 1.29 is 9.53 Å². The number of halogens is 1. The highest BCUT2D eigenvalue weighted by Crippen LogP contribution is 2.28. The molecule has 0 saturated heterocycles. The molecule has 0 unspecified atom stereocenters. The van der Waals surface area contributed by atoms with Gasteiger partial charge in [0, 0.05) is 11.7 Å². The minimum atomic E-state index is -0.186. The topological polar surface area (TPSA) is 76.1 Å². The summed E-state index contributed by atoms with van der Waals surface area (Å²) in [5, 5.41) is 14.4. The number of aromatic nitrogens is 2. The summed E-state index contributed by atoms with van der Waals surface area (Å²) < 4.78 is 5.10. The normalized spacial score (nSPS) is 13.5. The van der Waals surface area contributed by atoms with E-state index in [0.29, 0.717) is 28.3 Å². The Bertz CT molecular complexity index is 686. The maximum atomic E-state index is 11.8. The van der Waals surface area contributed by atoms with E-state index in [1.165, 1.54) is 0 Å². The second-order valence-electron chi connectivity index (χ2n) is 5.03. The molecular weight excluding hydrogens is 304 g/mol. The Morgan fingerprint density at radius 2 is 2.09 bits per heavy atom. The van der Waals surface area contributed by atoms with Gasteiger partial charge in [0.15, 0.2) is 11.5 Å². The fourth-order valence-corrected chi connectivity index (χ4v) is 2.16. The first-order valence-electron chi connectivity index (χ1n) is 6.91. The van der Waals surface area contributed by atoms with Crippen LogP contribution in [0.15, 0.2) is 30.3 Å². The molecule has 1 amide bonds. The van der Waals surface area contributed by atoms with E-state index >= 15 is 0 Å². The minimum absolute atomic E-state index is 0.186. The standard InChI is InChI=1S/C15H15ClN4O2/c1-22-13-6-4-10(8-11(13)16)17-14-7-5-12(19-20-14)15(21)18-9-2-3-9/h4-9H,2-3H2,1H3,(H,17,20)(H,18,21). The molecule has 2 N–H and O–H groups in total. The number of benzene rings is 1. The van der Waals surface area contributed by atoms with Crippen molar-refractivity contribution in [1.82, 2.24) is 15.5 Å². The number of carbonyl (C=O) groups is 1. The molecule has 2 aromatic rings. The number of hydrogen-bond donors (Lipinski definition) is 2. The number of ether oxygens (including phenoxy) is 1. The third-order valence-corrected chi connectivity index (χ3v) is 3.53. The maximum absolute atomic E-state index is 11.8. The Balaban J connectivity index is 1.67. The maximum Gasteiger partial charge on any atom is 0.272 e. The van der Waals surface area contributed by atoms with Crippen molar-refractivity contribution in [3.63, 3.8) is 0 Å². The van der Waals surface area contributed by atoms with Crippen LogP contribution in [0, 0.1) is 0 Å². The fraction of sp³-hybridized carbons (Fsp3) is 0.267. The van der Waals surface area contributed by atoms with E-state index < -0.39 is 0 Å². The number of carbonyl (C=O) groups excluding carboxylic acids is 1. The van der Waals surface area contributed by atoms with E-state index in [0.717, 1.165) is 18.5 Å². The number of nitrogens with one attached hydrogen (secondary N) is 2. The van der Waals surface area contributed by atoms with Crippen LogP contribution in [0.4, 0.5) is 11.5 Å². The summed E-state index contributed by atoms with van der Waals surface area (Å²) in [5.41, 5.74) is 1.07. The highest BCUT2D eigenvalue weighted by Gasteiger charge is 2.24. The van der Waals surface area contributed by atoms with Crippen molar-refractivity contribution in [3.05, 3.63) is 41.0 Å². The summed E-state index contributed by atoms with van der Waals surface area (Å²) in [7, 11) is 1.56. The molecule has 0 bridgehead atoms. The lowest BCUT2D eigenvalue weighted by Crippen LogP contribution is -2.26. The smallest absolute Gasteiger partial charge is 0.272 e. The third kappa shape index (κ3) is 3.46. The van der Waals surface area contributed by atoms with Crippen LogP contribution in [0.1, 0.15) is 23.3 Å². The first kappa shape index (κ1) is 14.6. The average Bonchev–Trinajstić information content (AvgIpc) is 3.32. The molecule has 1 heterocycles. The van der Waals surface area contributed by atoms with Crippen LogP contribution < -0.4 is 15.4 Å². The lowest BCUT2D eigenvalue weighted by molar-refractivity contribution is 0.0945. The van der Waals surface area contributed by atoms with Crippen molar-refractivity contribution >= 4 is 29.0 Å². The zero-order chi connectivity index (χ0) is 15.5. The van der Waals surface area contributed by atoms with Crippen LogP contribution in [0.2, 0.25) is 5.02 Å². The van der Waals surface area contributed by atoms with Gasteiger partial charge in [-0.3, -0.25) is 4.79 Å². The van der Waals surface area contributed by atoms with E-state index in [-0.39, 0.29) is 5.91 Å². The average molecular weight is 319 g/mol. The van der Waals surface area contributed by atoms with Gasteiger partial charge in [-0.1, -0.05) is 11.6 Å². The molecule has 1 saturated carbocycles. The molecule has 6 nitrogen and oxygen atoms in total. The minimum Gasteiger partial charge on any atom is -0.495 e. The summed E-state index contributed by atoms with van der Waals surface area (Å²) in [6, 6.07) is 8.95. The monoisotopic (exact) mass is 318 g/mol. The first-order chi connectivity index (χ1) is 10.7. The molecule has 0 radical (unpaired) electrons. The van der Waals surface area contributed by atoms with Gasteiger partial charge in [-0.05, 0) is 43.2 Å². The van der Waals surface area contributed by atoms with Gasteiger partial charge in [0.1, 0.15) is 5.75 Å². The zero-order valence-electron chi connectivity index (χ0n) is 12.0. The number of amides is 1. The van der Waals surface area contributed by atoms with Crippen LogP contribution in [-0.4, -0.2) is 29.3 Å². The lowest BCUT2D eigenvalue weighted by Gasteiger charge is -2.08. The van der Waals surface area contributed by atoms with Crippen LogP contribution in [0.25, 0.3) is 0 Å². The largest absolute Gasteiger partial charge is 0.495 e. The Kier molecular flexibility index (Phi) is 4.11. The van der Waals surface area contributed by atoms with E-state index in [9.17, 15) is 4.79 Å². The SMILES string of the molecule is COc1ccc(Nc2ccc(C(=O)NC3CC3)nn2)cc1Cl. The summed E-state index contributed by atoms with van der Waals surface area (Å²) >= 11 is 6.06. The third-order valence-electron chi connectivity index (χ3n) is 3.23. The van der Waals surface area contributed by atoms with Crippen molar-refractivity contribution in [2.24, 2.45) is 0 Å². The van der Waals surface area contributed by atoms with Gasteiger partial charge in [-0.25, -0.2) is 0 Å². The second-order valence-corrected chi connectivity index (χ2v) is 5.43. The summed E-state index contributed by atoms with van der Waals surface area (Å²) in [5.74, 6) is 0.948. The van der Waals surface area contributed by atoms with Gasteiger partial charge in [-0.2, -0.15) is 0 Å². The molecular formula is C15H15ClN4O2. The van der Waals surface area contributed by atoms with Crippen LogP contribution >= 0.6 is 11.6 Å². The van der Waals surface area contributed by atoms with E-state index in [4.69, 9.17) is 16.3 Å². The number of rotatable bonds is 5. The molecule has 1 aromatic heterocycles.